The number of aryl methyl sites for hydroxylation is 1. The summed E-state index contributed by atoms with van der Waals surface area (Å²) >= 11 is 0. The number of hydrogen-bond donors (Lipinski definition) is 3. The first kappa shape index (κ1) is 15.6. The molecule has 0 unspecified atom stereocenters. The van der Waals surface area contributed by atoms with Gasteiger partial charge in [-0.2, -0.15) is 0 Å². The van der Waals surface area contributed by atoms with E-state index < -0.39 is 0 Å². The number of para-hydroxylation sites is 1. The summed E-state index contributed by atoms with van der Waals surface area (Å²) in [6.45, 7) is 6.86. The maximum absolute atomic E-state index is 12.1. The van der Waals surface area contributed by atoms with E-state index in [4.69, 9.17) is 5.11 Å². The molecule has 2 rings (SSSR count). The molecular weight excluding hydrogens is 264 g/mol. The van der Waals surface area contributed by atoms with E-state index in [0.29, 0.717) is 19.4 Å². The topological polar surface area (TPSA) is 65.1 Å². The van der Waals surface area contributed by atoms with Crippen molar-refractivity contribution in [1.29, 1.82) is 0 Å². The van der Waals surface area contributed by atoms with Gasteiger partial charge in [-0.25, -0.2) is 0 Å². The number of benzene rings is 1. The monoisotopic (exact) mass is 288 g/mol. The fraction of sp³-hybridized carbons (Fsp3) is 0.471. The van der Waals surface area contributed by atoms with E-state index in [-0.39, 0.29) is 17.9 Å². The highest BCUT2D eigenvalue weighted by Crippen LogP contribution is 2.22. The average molecular weight is 288 g/mol. The Morgan fingerprint density at radius 3 is 2.86 bits per heavy atom. The van der Waals surface area contributed by atoms with Crippen LogP contribution in [-0.2, 0) is 11.2 Å². The molecule has 0 spiro atoms. The number of fused-ring (bicyclic) bond motifs is 1. The molecule has 1 heterocycles. The third-order valence-electron chi connectivity index (χ3n) is 3.91. The van der Waals surface area contributed by atoms with Gasteiger partial charge in [0.1, 0.15) is 0 Å². The molecule has 0 aliphatic heterocycles. The lowest BCUT2D eigenvalue weighted by atomic mass is 9.89. The summed E-state index contributed by atoms with van der Waals surface area (Å²) in [5.74, 6) is 0.0171. The zero-order valence-corrected chi connectivity index (χ0v) is 13.0. The van der Waals surface area contributed by atoms with Gasteiger partial charge in [0.2, 0.25) is 5.91 Å². The number of aliphatic hydroxyl groups is 1. The maximum Gasteiger partial charge on any atom is 0.224 e. The number of carbonyl (C=O) groups is 1. The van der Waals surface area contributed by atoms with Gasteiger partial charge in [0.15, 0.2) is 0 Å². The van der Waals surface area contributed by atoms with Gasteiger partial charge < -0.3 is 15.4 Å². The third-order valence-corrected chi connectivity index (χ3v) is 3.91. The number of nitrogens with one attached hydrogen (secondary N) is 2. The van der Waals surface area contributed by atoms with Gasteiger partial charge in [-0.3, -0.25) is 4.79 Å². The maximum atomic E-state index is 12.1. The summed E-state index contributed by atoms with van der Waals surface area (Å²) in [6, 6.07) is 6.11. The average Bonchev–Trinajstić information content (AvgIpc) is 2.81. The zero-order valence-electron chi connectivity index (χ0n) is 13.0. The van der Waals surface area contributed by atoms with Crippen molar-refractivity contribution in [2.75, 3.05) is 13.2 Å². The van der Waals surface area contributed by atoms with Crippen LogP contribution in [0.15, 0.2) is 24.4 Å². The molecule has 2 aromatic rings. The van der Waals surface area contributed by atoms with Gasteiger partial charge in [0.05, 0.1) is 6.42 Å². The van der Waals surface area contributed by atoms with Crippen LogP contribution < -0.4 is 5.32 Å². The van der Waals surface area contributed by atoms with Gasteiger partial charge in [-0.15, -0.1) is 0 Å². The minimum atomic E-state index is -0.0821. The smallest absolute Gasteiger partial charge is 0.224 e. The van der Waals surface area contributed by atoms with Crippen LogP contribution in [0, 0.1) is 12.3 Å². The van der Waals surface area contributed by atoms with E-state index in [9.17, 15) is 4.79 Å². The summed E-state index contributed by atoms with van der Waals surface area (Å²) in [5, 5.41) is 13.1. The highest BCUT2D eigenvalue weighted by Gasteiger charge is 2.18. The number of H-pyrrole nitrogens is 1. The van der Waals surface area contributed by atoms with Crippen molar-refractivity contribution in [3.05, 3.63) is 35.5 Å². The highest BCUT2D eigenvalue weighted by atomic mass is 16.3. The van der Waals surface area contributed by atoms with E-state index >= 15 is 0 Å². The molecule has 0 fully saturated rings. The second kappa shape index (κ2) is 6.31. The minimum Gasteiger partial charge on any atom is -0.396 e. The van der Waals surface area contributed by atoms with Crippen LogP contribution in [-0.4, -0.2) is 29.1 Å². The fourth-order valence-corrected chi connectivity index (χ4v) is 2.47. The van der Waals surface area contributed by atoms with Crippen LogP contribution in [0.25, 0.3) is 10.9 Å². The predicted octanol–water partition coefficient (Wildman–Crippen LogP) is 2.54. The summed E-state index contributed by atoms with van der Waals surface area (Å²) in [5.41, 5.74) is 3.22. The number of amides is 1. The summed E-state index contributed by atoms with van der Waals surface area (Å²) < 4.78 is 0. The molecule has 4 nitrogen and oxygen atoms in total. The number of hydrogen-bond acceptors (Lipinski definition) is 2. The Labute approximate surface area is 125 Å². The van der Waals surface area contributed by atoms with Crippen LogP contribution in [0.4, 0.5) is 0 Å². The van der Waals surface area contributed by atoms with Crippen molar-refractivity contribution < 1.29 is 9.90 Å². The molecule has 1 aromatic heterocycles. The second-order valence-corrected chi connectivity index (χ2v) is 6.40. The van der Waals surface area contributed by atoms with E-state index in [1.807, 2.05) is 32.2 Å². The Bertz CT molecular complexity index is 629. The number of aromatic nitrogens is 1. The molecule has 4 heteroatoms. The lowest BCUT2D eigenvalue weighted by Crippen LogP contribution is -2.35. The van der Waals surface area contributed by atoms with Crippen molar-refractivity contribution in [3.8, 4) is 0 Å². The summed E-state index contributed by atoms with van der Waals surface area (Å²) in [7, 11) is 0. The predicted molar refractivity (Wildman–Crippen MR) is 85.2 cm³/mol. The Morgan fingerprint density at radius 2 is 2.14 bits per heavy atom. The Morgan fingerprint density at radius 1 is 1.38 bits per heavy atom. The van der Waals surface area contributed by atoms with E-state index in [2.05, 4.69) is 23.3 Å². The fourth-order valence-electron chi connectivity index (χ4n) is 2.47. The van der Waals surface area contributed by atoms with Gasteiger partial charge in [-0.1, -0.05) is 32.0 Å². The Kier molecular flexibility index (Phi) is 4.68. The van der Waals surface area contributed by atoms with Crippen molar-refractivity contribution in [2.24, 2.45) is 5.41 Å². The molecule has 114 valence electrons. The largest absolute Gasteiger partial charge is 0.396 e. The van der Waals surface area contributed by atoms with Gasteiger partial charge in [-0.05, 0) is 29.9 Å². The number of aliphatic hydroxyl groups excluding tert-OH is 1. The Hall–Kier alpha value is -1.81. The van der Waals surface area contributed by atoms with Gasteiger partial charge >= 0.3 is 0 Å². The Balaban J connectivity index is 2.01. The van der Waals surface area contributed by atoms with Gasteiger partial charge in [0, 0.05) is 30.3 Å². The van der Waals surface area contributed by atoms with Crippen LogP contribution in [0.5, 0.6) is 0 Å². The summed E-state index contributed by atoms with van der Waals surface area (Å²) in [6.07, 6.45) is 2.97. The molecule has 0 saturated carbocycles. The van der Waals surface area contributed by atoms with Crippen LogP contribution in [0.2, 0.25) is 0 Å². The lowest BCUT2D eigenvalue weighted by Gasteiger charge is -2.23. The van der Waals surface area contributed by atoms with E-state index in [1.165, 1.54) is 5.56 Å². The lowest BCUT2D eigenvalue weighted by molar-refractivity contribution is -0.120. The quantitative estimate of drug-likeness (QED) is 0.765. The first-order valence-electron chi connectivity index (χ1n) is 7.36. The van der Waals surface area contributed by atoms with Gasteiger partial charge in [0.25, 0.3) is 0 Å². The number of aromatic amines is 1. The molecule has 0 aliphatic rings. The van der Waals surface area contributed by atoms with Crippen LogP contribution in [0.1, 0.15) is 31.4 Å². The SMILES string of the molecule is Cc1cccc2c(CC(=O)NCC(C)(C)CCO)c[nH]c12. The number of rotatable bonds is 6. The van der Waals surface area contributed by atoms with E-state index in [0.717, 1.165) is 16.5 Å². The molecule has 0 radical (unpaired) electrons. The van der Waals surface area contributed by atoms with Crippen molar-refractivity contribution in [2.45, 2.75) is 33.6 Å². The van der Waals surface area contributed by atoms with Crippen molar-refractivity contribution >= 4 is 16.8 Å². The van der Waals surface area contributed by atoms with Crippen LogP contribution >= 0.6 is 0 Å². The zero-order chi connectivity index (χ0) is 15.5. The summed E-state index contributed by atoms with van der Waals surface area (Å²) in [4.78, 5) is 15.3. The molecular formula is C17H24N2O2. The molecule has 3 N–H and O–H groups in total. The molecule has 0 bridgehead atoms. The number of carbonyl (C=O) groups excluding carboxylic acids is 1. The third kappa shape index (κ3) is 3.85. The standard InChI is InChI=1S/C17H24N2O2/c1-12-5-4-6-14-13(10-18-16(12)14)9-15(21)19-11-17(2,3)7-8-20/h4-6,10,18,20H,7-9,11H2,1-3H3,(H,19,21). The molecule has 0 saturated heterocycles. The normalized spacial score (nSPS) is 11.8. The first-order valence-corrected chi connectivity index (χ1v) is 7.36. The molecule has 0 atom stereocenters. The van der Waals surface area contributed by atoms with Crippen LogP contribution in [0.3, 0.4) is 0 Å². The van der Waals surface area contributed by atoms with E-state index in [1.54, 1.807) is 0 Å². The molecule has 1 amide bonds. The molecule has 21 heavy (non-hydrogen) atoms. The van der Waals surface area contributed by atoms with Crippen molar-refractivity contribution in [3.63, 3.8) is 0 Å². The second-order valence-electron chi connectivity index (χ2n) is 6.40. The molecule has 0 aliphatic carbocycles. The highest BCUT2D eigenvalue weighted by molar-refractivity contribution is 5.90. The van der Waals surface area contributed by atoms with Crippen molar-refractivity contribution in [1.82, 2.24) is 10.3 Å². The first-order chi connectivity index (χ1) is 9.93. The molecule has 1 aromatic carbocycles. The minimum absolute atomic E-state index is 0.0171.